The summed E-state index contributed by atoms with van der Waals surface area (Å²) in [6, 6.07) is 35.1. The highest BCUT2D eigenvalue weighted by atomic mass is 32.2. The van der Waals surface area contributed by atoms with Gasteiger partial charge in [-0.1, -0.05) is 98.1 Å². The van der Waals surface area contributed by atoms with Gasteiger partial charge in [0.2, 0.25) is 0 Å². The van der Waals surface area contributed by atoms with E-state index in [9.17, 15) is 0 Å². The largest absolute Gasteiger partial charge is 0.397 e. The summed E-state index contributed by atoms with van der Waals surface area (Å²) in [6.45, 7) is 16.9. The zero-order valence-electron chi connectivity index (χ0n) is 32.7. The minimum Gasteiger partial charge on any atom is -0.397 e. The number of hydrogen-bond acceptors (Lipinski definition) is 4. The van der Waals surface area contributed by atoms with Crippen LogP contribution in [0, 0.1) is 6.92 Å². The van der Waals surface area contributed by atoms with Gasteiger partial charge in [-0.2, -0.15) is 0 Å². The van der Waals surface area contributed by atoms with Crippen LogP contribution in [0.2, 0.25) is 0 Å². The number of nitrogen functional groups attached to an aromatic ring is 1. The third-order valence-electron chi connectivity index (χ3n) is 10.3. The lowest BCUT2D eigenvalue weighted by molar-refractivity contribution is 0.170. The van der Waals surface area contributed by atoms with Gasteiger partial charge in [0, 0.05) is 24.5 Å². The van der Waals surface area contributed by atoms with Crippen molar-refractivity contribution >= 4 is 27.9 Å². The molecular weight excluding hydrogens is 641 g/mol. The zero-order chi connectivity index (χ0) is 36.8. The average molecular weight is 707 g/mol. The van der Waals surface area contributed by atoms with E-state index < -0.39 is 0 Å². The van der Waals surface area contributed by atoms with E-state index in [-0.39, 0.29) is 10.7 Å². The molecule has 0 heterocycles. The molecule has 0 spiro atoms. The average Bonchev–Trinajstić information content (AvgIpc) is 3.10. The van der Waals surface area contributed by atoms with Crippen LogP contribution < -0.4 is 15.8 Å². The van der Waals surface area contributed by atoms with Crippen molar-refractivity contribution < 1.29 is 0 Å². The van der Waals surface area contributed by atoms with Gasteiger partial charge in [-0.15, -0.1) is 10.7 Å². The number of rotatable bonds is 21. The third kappa shape index (κ3) is 13.0. The second-order valence-electron chi connectivity index (χ2n) is 15.2. The number of nitrogens with two attached hydrogens (primary N) is 1. The van der Waals surface area contributed by atoms with Gasteiger partial charge in [-0.05, 0) is 149 Å². The summed E-state index contributed by atoms with van der Waals surface area (Å²) in [6.07, 6.45) is 10.3. The van der Waals surface area contributed by atoms with Crippen LogP contribution in [0.5, 0.6) is 0 Å². The van der Waals surface area contributed by atoms with Crippen molar-refractivity contribution in [3.05, 3.63) is 130 Å². The smallest absolute Gasteiger partial charge is 0.0671 e. The van der Waals surface area contributed by atoms with Crippen LogP contribution in [0.4, 0.5) is 11.4 Å². The van der Waals surface area contributed by atoms with E-state index in [0.29, 0.717) is 23.9 Å². The van der Waals surface area contributed by atoms with Crippen LogP contribution in [0.3, 0.4) is 0 Å². The fourth-order valence-electron chi connectivity index (χ4n) is 7.33. The van der Waals surface area contributed by atoms with Gasteiger partial charge in [0.05, 0.1) is 11.4 Å². The van der Waals surface area contributed by atoms with Crippen molar-refractivity contribution in [1.29, 1.82) is 0 Å². The van der Waals surface area contributed by atoms with E-state index in [1.165, 1.54) is 58.2 Å². The summed E-state index contributed by atoms with van der Waals surface area (Å²) in [5, 5.41) is 3.66. The number of nitrogens with one attached hydrogen (secondary N) is 2. The van der Waals surface area contributed by atoms with E-state index in [1.54, 1.807) is 0 Å². The lowest BCUT2D eigenvalue weighted by atomic mass is 9.84. The lowest BCUT2D eigenvalue weighted by Gasteiger charge is -2.32. The Morgan fingerprint density at radius 2 is 1.35 bits per heavy atom. The molecule has 4 N–H and O–H groups in total. The van der Waals surface area contributed by atoms with Crippen LogP contribution >= 0.6 is 10.7 Å². The Morgan fingerprint density at radius 1 is 0.725 bits per heavy atom. The van der Waals surface area contributed by atoms with Crippen molar-refractivity contribution in [2.75, 3.05) is 36.3 Å². The maximum atomic E-state index is 6.15. The molecule has 4 aromatic rings. The number of nitrogens with zero attached hydrogens (tertiary/aromatic N) is 1. The van der Waals surface area contributed by atoms with E-state index in [4.69, 9.17) is 5.73 Å². The van der Waals surface area contributed by atoms with Gasteiger partial charge < -0.3 is 15.8 Å². The minimum absolute atomic E-state index is 0.148. The molecule has 0 fully saturated rings. The van der Waals surface area contributed by atoms with Gasteiger partial charge in [0.25, 0.3) is 0 Å². The Bertz CT molecular complexity index is 1620. The first-order chi connectivity index (χ1) is 24.5. The number of aryl methyl sites for hydroxylation is 3. The predicted octanol–water partition coefficient (Wildman–Crippen LogP) is 10.8. The number of anilines is 2. The molecule has 0 radical (unpaired) electrons. The number of unbranched alkanes of at least 4 members (excludes halogenated alkanes) is 2. The molecule has 0 saturated carbocycles. The molecule has 276 valence electrons. The number of hydrogen-bond donors (Lipinski definition) is 3. The Kier molecular flexibility index (Phi) is 16.3. The molecule has 0 aliphatic carbocycles. The predicted molar refractivity (Wildman–Crippen MR) is 229 cm³/mol. The van der Waals surface area contributed by atoms with Gasteiger partial charge in [-0.25, -0.2) is 0 Å². The Hall–Kier alpha value is -3.38. The van der Waals surface area contributed by atoms with Gasteiger partial charge in [0.1, 0.15) is 0 Å². The number of benzene rings is 4. The Morgan fingerprint density at radius 3 is 2.00 bits per heavy atom. The Labute approximate surface area is 313 Å². The Balaban J connectivity index is 1.21. The van der Waals surface area contributed by atoms with Gasteiger partial charge in [0.15, 0.2) is 0 Å². The fraction of sp³-hybridized carbons (Fsp3) is 0.457. The summed E-state index contributed by atoms with van der Waals surface area (Å²) in [7, 11) is -0.148. The highest BCUT2D eigenvalue weighted by molar-refractivity contribution is 8.14. The third-order valence-corrected chi connectivity index (χ3v) is 10.9. The quantitative estimate of drug-likeness (QED) is 0.0459. The highest BCUT2D eigenvalue weighted by Crippen LogP contribution is 2.32. The van der Waals surface area contributed by atoms with Crippen LogP contribution in [-0.4, -0.2) is 48.7 Å². The maximum absolute atomic E-state index is 6.15. The van der Waals surface area contributed by atoms with E-state index in [1.807, 2.05) is 6.07 Å². The molecule has 2 unspecified atom stereocenters. The molecule has 0 saturated heterocycles. The fourth-order valence-corrected chi connectivity index (χ4v) is 7.88. The van der Waals surface area contributed by atoms with Crippen LogP contribution in [0.1, 0.15) is 111 Å². The molecule has 0 aromatic heterocycles. The first-order valence-electron chi connectivity index (χ1n) is 19.3. The van der Waals surface area contributed by atoms with Crippen molar-refractivity contribution in [2.24, 2.45) is 0 Å². The summed E-state index contributed by atoms with van der Waals surface area (Å²) >= 11 is 0. The van der Waals surface area contributed by atoms with Crippen molar-refractivity contribution in [3.8, 4) is 0 Å². The van der Waals surface area contributed by atoms with Crippen molar-refractivity contribution in [1.82, 2.24) is 10.2 Å². The van der Waals surface area contributed by atoms with E-state index >= 15 is 0 Å². The zero-order valence-corrected chi connectivity index (χ0v) is 33.5. The summed E-state index contributed by atoms with van der Waals surface area (Å²) in [4.78, 5) is 2.63. The van der Waals surface area contributed by atoms with E-state index in [2.05, 4.69) is 154 Å². The normalized spacial score (nSPS) is 13.5. The molecule has 0 aliphatic heterocycles. The molecule has 5 heteroatoms. The van der Waals surface area contributed by atoms with Crippen LogP contribution in [0.15, 0.2) is 91.0 Å². The van der Waals surface area contributed by atoms with E-state index in [0.717, 1.165) is 56.7 Å². The second-order valence-corrected chi connectivity index (χ2v) is 16.7. The van der Waals surface area contributed by atoms with Crippen LogP contribution in [-0.2, 0) is 19.3 Å². The molecule has 3 atom stereocenters. The van der Waals surface area contributed by atoms with Gasteiger partial charge >= 0.3 is 0 Å². The lowest BCUT2D eigenvalue weighted by Crippen LogP contribution is -2.38. The van der Waals surface area contributed by atoms with Crippen LogP contribution in [0.25, 0.3) is 0 Å². The molecule has 4 rings (SSSR count). The molecule has 4 nitrogen and oxygen atoms in total. The minimum atomic E-state index is -0.148. The molecule has 0 amide bonds. The van der Waals surface area contributed by atoms with Crippen molar-refractivity contribution in [2.45, 2.75) is 110 Å². The molecule has 0 aliphatic rings. The first-order valence-corrected chi connectivity index (χ1v) is 21.1. The highest BCUT2D eigenvalue weighted by Gasteiger charge is 2.21. The summed E-state index contributed by atoms with van der Waals surface area (Å²) < 4.78 is 3.38. The molecule has 4 aromatic carbocycles. The van der Waals surface area contributed by atoms with Crippen molar-refractivity contribution in [3.63, 3.8) is 0 Å². The summed E-state index contributed by atoms with van der Waals surface area (Å²) in [5.74, 6) is 4.88. The SMILES string of the molecule is C=S(C)Nc1cc(C(C)CNCCc2ccc(CCCCCc3ccc(C)c([C@H](CCN(C(C)C)C(C)C)c4ccccc4)c3)cc2)ccc1N. The topological polar surface area (TPSA) is 53.3 Å². The first kappa shape index (κ1) is 40.4. The molecular formula is C46H66N4S. The van der Waals surface area contributed by atoms with Gasteiger partial charge in [-0.3, -0.25) is 4.90 Å². The maximum Gasteiger partial charge on any atom is 0.0671 e. The second kappa shape index (κ2) is 20.6. The molecule has 0 bridgehead atoms. The molecule has 51 heavy (non-hydrogen) atoms. The standard InChI is InChI=1S/C46H66N4S/c1-34(2)50(35(3)4)30-28-43(41-17-13-10-14-18-41)44-31-40(20-19-36(44)5)16-12-9-11-15-38-21-23-39(24-22-38)27-29-48-33-37(6)42-25-26-45(47)46(32-42)49-51(7)8/h10,13-14,17-26,31-32,34-35,37,43,48-49H,7,9,11-12,15-16,27-30,33,47H2,1-6,8H3/t37?,43-,51?/m1/s1. The monoisotopic (exact) mass is 707 g/mol. The summed E-state index contributed by atoms with van der Waals surface area (Å²) in [5.41, 5.74) is 17.9.